The van der Waals surface area contributed by atoms with Crippen LogP contribution in [-0.2, 0) is 0 Å². The minimum Gasteiger partial charge on any atom is -0.356 e. The fourth-order valence-corrected chi connectivity index (χ4v) is 4.50. The maximum Gasteiger partial charge on any atom is 0.273 e. The standard InChI is InChI=1S/C24H24ClN7O/c1-15(17-4-6-23(27-13-17)31-7-2-8-31)32-14-22(29-30-32)24(33)28-20-9-18(10-20)21-11-19(25)5-3-16(21)12-26/h3-6,11,13-15,18,20H,2,7-10H2,1H3,(H,28,33)/t15-,18?,20?/m1/s1. The van der Waals surface area contributed by atoms with E-state index in [-0.39, 0.29) is 29.6 Å². The van der Waals surface area contributed by atoms with Crippen molar-refractivity contribution in [3.05, 3.63) is 70.1 Å². The normalized spacial score (nSPS) is 20.3. The molecule has 0 spiro atoms. The Kier molecular flexibility index (Phi) is 5.73. The number of anilines is 1. The first-order chi connectivity index (χ1) is 16.0. The summed E-state index contributed by atoms with van der Waals surface area (Å²) in [5, 5.41) is 21.2. The first kappa shape index (κ1) is 21.4. The number of carbonyl (C=O) groups excluding carboxylic acids is 1. The summed E-state index contributed by atoms with van der Waals surface area (Å²) in [4.78, 5) is 19.5. The lowest BCUT2D eigenvalue weighted by Crippen LogP contribution is -2.43. The van der Waals surface area contributed by atoms with Crippen LogP contribution in [-0.4, -0.2) is 45.0 Å². The van der Waals surface area contributed by atoms with Gasteiger partial charge < -0.3 is 10.2 Å². The van der Waals surface area contributed by atoms with Crippen LogP contribution in [0, 0.1) is 11.3 Å². The topological polar surface area (TPSA) is 99.7 Å². The van der Waals surface area contributed by atoms with Crippen LogP contribution in [0.2, 0.25) is 5.02 Å². The fraction of sp³-hybridized carbons (Fsp3) is 0.375. The van der Waals surface area contributed by atoms with Crippen LogP contribution in [0.4, 0.5) is 5.82 Å². The van der Waals surface area contributed by atoms with Crippen LogP contribution >= 0.6 is 11.6 Å². The zero-order chi connectivity index (χ0) is 22.9. The summed E-state index contributed by atoms with van der Waals surface area (Å²) in [6.07, 6.45) is 6.27. The second-order valence-electron chi connectivity index (χ2n) is 8.73. The quantitative estimate of drug-likeness (QED) is 0.600. The molecule has 3 heterocycles. The highest BCUT2D eigenvalue weighted by atomic mass is 35.5. The van der Waals surface area contributed by atoms with Gasteiger partial charge in [0.05, 0.1) is 23.9 Å². The minimum atomic E-state index is -0.241. The summed E-state index contributed by atoms with van der Waals surface area (Å²) in [5.74, 6) is 0.968. The number of rotatable bonds is 6. The molecule has 1 amide bonds. The summed E-state index contributed by atoms with van der Waals surface area (Å²) < 4.78 is 1.68. The molecule has 1 aromatic carbocycles. The maximum absolute atomic E-state index is 12.7. The predicted molar refractivity (Wildman–Crippen MR) is 124 cm³/mol. The highest BCUT2D eigenvalue weighted by molar-refractivity contribution is 6.30. The van der Waals surface area contributed by atoms with Gasteiger partial charge in [-0.3, -0.25) is 4.79 Å². The largest absolute Gasteiger partial charge is 0.356 e. The van der Waals surface area contributed by atoms with Crippen molar-refractivity contribution in [3.8, 4) is 6.07 Å². The van der Waals surface area contributed by atoms with Gasteiger partial charge in [0.2, 0.25) is 0 Å². The molecule has 2 aliphatic rings. The first-order valence-corrected chi connectivity index (χ1v) is 11.5. The monoisotopic (exact) mass is 461 g/mol. The average molecular weight is 462 g/mol. The SMILES string of the molecule is C[C@H](c1ccc(N2CCC2)nc1)n1cc(C(=O)NC2CC(c3cc(Cl)ccc3C#N)C2)nn1. The third kappa shape index (κ3) is 4.29. The molecule has 33 heavy (non-hydrogen) atoms. The van der Waals surface area contributed by atoms with Crippen molar-refractivity contribution in [1.29, 1.82) is 5.26 Å². The number of hydrogen-bond acceptors (Lipinski definition) is 6. The Hall–Kier alpha value is -3.44. The number of nitrogens with one attached hydrogen (secondary N) is 1. The number of benzene rings is 1. The molecule has 0 bridgehead atoms. The Labute approximate surface area is 197 Å². The average Bonchev–Trinajstić information content (AvgIpc) is 3.25. The molecule has 1 atom stereocenters. The van der Waals surface area contributed by atoms with Gasteiger partial charge in [0.1, 0.15) is 5.82 Å². The van der Waals surface area contributed by atoms with Gasteiger partial charge in [-0.1, -0.05) is 22.9 Å². The smallest absolute Gasteiger partial charge is 0.273 e. The molecule has 0 unspecified atom stereocenters. The lowest BCUT2D eigenvalue weighted by molar-refractivity contribution is 0.0903. The van der Waals surface area contributed by atoms with Gasteiger partial charge in [-0.2, -0.15) is 5.26 Å². The summed E-state index contributed by atoms with van der Waals surface area (Å²) in [6, 6.07) is 11.6. The van der Waals surface area contributed by atoms with Gasteiger partial charge in [0.25, 0.3) is 5.91 Å². The van der Waals surface area contributed by atoms with Crippen molar-refractivity contribution in [3.63, 3.8) is 0 Å². The molecule has 1 saturated carbocycles. The Morgan fingerprint density at radius 3 is 2.76 bits per heavy atom. The van der Waals surface area contributed by atoms with E-state index >= 15 is 0 Å². The molecule has 2 aromatic heterocycles. The molecule has 9 heteroatoms. The molecule has 8 nitrogen and oxygen atoms in total. The molecule has 1 saturated heterocycles. The Morgan fingerprint density at radius 1 is 1.27 bits per heavy atom. The van der Waals surface area contributed by atoms with E-state index in [2.05, 4.69) is 31.6 Å². The van der Waals surface area contributed by atoms with Crippen LogP contribution in [0.5, 0.6) is 0 Å². The van der Waals surface area contributed by atoms with Crippen LogP contribution in [0.3, 0.4) is 0 Å². The zero-order valence-corrected chi connectivity index (χ0v) is 19.0. The Morgan fingerprint density at radius 2 is 2.09 bits per heavy atom. The number of nitrogens with zero attached hydrogens (tertiary/aromatic N) is 6. The Balaban J connectivity index is 1.18. The van der Waals surface area contributed by atoms with Crippen molar-refractivity contribution >= 4 is 23.3 Å². The predicted octanol–water partition coefficient (Wildman–Crippen LogP) is 3.69. The number of carbonyl (C=O) groups is 1. The fourth-order valence-electron chi connectivity index (χ4n) is 4.32. The van der Waals surface area contributed by atoms with E-state index in [1.54, 1.807) is 23.0 Å². The van der Waals surface area contributed by atoms with E-state index in [0.717, 1.165) is 42.9 Å². The van der Waals surface area contributed by atoms with Crippen molar-refractivity contribution in [2.45, 2.75) is 44.2 Å². The van der Waals surface area contributed by atoms with Crippen molar-refractivity contribution in [2.24, 2.45) is 0 Å². The van der Waals surface area contributed by atoms with Crippen LogP contribution < -0.4 is 10.2 Å². The molecule has 168 valence electrons. The van der Waals surface area contributed by atoms with Gasteiger partial charge >= 0.3 is 0 Å². The first-order valence-electron chi connectivity index (χ1n) is 11.1. The second-order valence-corrected chi connectivity index (χ2v) is 9.17. The second kappa shape index (κ2) is 8.83. The number of amides is 1. The van der Waals surface area contributed by atoms with Crippen LogP contribution in [0.1, 0.15) is 65.3 Å². The van der Waals surface area contributed by atoms with Gasteiger partial charge in [-0.25, -0.2) is 9.67 Å². The molecule has 0 radical (unpaired) electrons. The lowest BCUT2D eigenvalue weighted by Gasteiger charge is -2.36. The van der Waals surface area contributed by atoms with Gasteiger partial charge in [-0.15, -0.1) is 5.10 Å². The minimum absolute atomic E-state index is 0.0360. The van der Waals surface area contributed by atoms with Crippen molar-refractivity contribution in [2.75, 3.05) is 18.0 Å². The van der Waals surface area contributed by atoms with E-state index in [9.17, 15) is 10.1 Å². The molecule has 2 fully saturated rings. The van der Waals surface area contributed by atoms with Crippen LogP contribution in [0.15, 0.2) is 42.7 Å². The number of pyridine rings is 1. The van der Waals surface area contributed by atoms with E-state index in [1.807, 2.05) is 31.3 Å². The number of nitriles is 1. The molecule has 1 aliphatic carbocycles. The molecular weight excluding hydrogens is 438 g/mol. The van der Waals surface area contributed by atoms with Crippen LogP contribution in [0.25, 0.3) is 0 Å². The third-order valence-electron chi connectivity index (χ3n) is 6.62. The van der Waals surface area contributed by atoms with Crippen molar-refractivity contribution < 1.29 is 4.79 Å². The zero-order valence-electron chi connectivity index (χ0n) is 18.3. The highest BCUT2D eigenvalue weighted by Crippen LogP contribution is 2.39. The summed E-state index contributed by atoms with van der Waals surface area (Å²) in [7, 11) is 0. The van der Waals surface area contributed by atoms with Crippen molar-refractivity contribution in [1.82, 2.24) is 25.3 Å². The Bertz CT molecular complexity index is 1210. The number of aromatic nitrogens is 4. The van der Waals surface area contributed by atoms with E-state index in [1.165, 1.54) is 6.42 Å². The lowest BCUT2D eigenvalue weighted by atomic mass is 9.74. The summed E-state index contributed by atoms with van der Waals surface area (Å²) in [6.45, 7) is 4.12. The number of hydrogen-bond donors (Lipinski definition) is 1. The highest BCUT2D eigenvalue weighted by Gasteiger charge is 2.33. The van der Waals surface area contributed by atoms with E-state index < -0.39 is 0 Å². The summed E-state index contributed by atoms with van der Waals surface area (Å²) in [5.41, 5.74) is 2.88. The molecule has 1 aliphatic heterocycles. The van der Waals surface area contributed by atoms with Gasteiger partial charge in [0, 0.05) is 30.4 Å². The maximum atomic E-state index is 12.7. The van der Waals surface area contributed by atoms with E-state index in [0.29, 0.717) is 10.6 Å². The third-order valence-corrected chi connectivity index (χ3v) is 6.86. The summed E-state index contributed by atoms with van der Waals surface area (Å²) >= 11 is 6.10. The van der Waals surface area contributed by atoms with Gasteiger partial charge in [0.15, 0.2) is 5.69 Å². The molecular formula is C24H24ClN7O. The number of halogens is 1. The molecule has 3 aromatic rings. The molecule has 1 N–H and O–H groups in total. The van der Waals surface area contributed by atoms with Gasteiger partial charge in [-0.05, 0) is 67.5 Å². The molecule has 5 rings (SSSR count). The van der Waals surface area contributed by atoms with E-state index in [4.69, 9.17) is 11.6 Å².